The summed E-state index contributed by atoms with van der Waals surface area (Å²) >= 11 is 0. The molecule has 1 aromatic rings. The zero-order chi connectivity index (χ0) is 16.5. The van der Waals surface area contributed by atoms with Crippen LogP contribution in [-0.2, 0) is 9.59 Å². The van der Waals surface area contributed by atoms with Crippen molar-refractivity contribution in [2.24, 2.45) is 0 Å². The second-order valence-electron chi connectivity index (χ2n) is 4.31. The summed E-state index contributed by atoms with van der Waals surface area (Å²) in [7, 11) is 0. The minimum absolute atomic E-state index is 0.157. The summed E-state index contributed by atoms with van der Waals surface area (Å²) in [5.41, 5.74) is -0.158. The number of non-ortho nitro benzene ring substituents is 1. The van der Waals surface area contributed by atoms with Crippen molar-refractivity contribution < 1.29 is 24.4 Å². The predicted octanol–water partition coefficient (Wildman–Crippen LogP) is 1.51. The fourth-order valence-corrected chi connectivity index (χ4v) is 1.57. The van der Waals surface area contributed by atoms with Crippen LogP contribution in [0.5, 0.6) is 5.75 Å². The van der Waals surface area contributed by atoms with Crippen molar-refractivity contribution in [2.45, 2.75) is 19.4 Å². The molecule has 0 spiro atoms. The van der Waals surface area contributed by atoms with Gasteiger partial charge in [0, 0.05) is 6.07 Å². The van der Waals surface area contributed by atoms with E-state index in [9.17, 15) is 19.7 Å². The minimum atomic E-state index is -1.15. The lowest BCUT2D eigenvalue weighted by Crippen LogP contribution is -2.42. The maximum absolute atomic E-state index is 11.7. The van der Waals surface area contributed by atoms with Gasteiger partial charge >= 0.3 is 5.97 Å². The van der Waals surface area contributed by atoms with Gasteiger partial charge in [-0.25, -0.2) is 4.79 Å². The molecule has 8 heteroatoms. The van der Waals surface area contributed by atoms with E-state index >= 15 is 0 Å². The van der Waals surface area contributed by atoms with Gasteiger partial charge in [0.2, 0.25) is 0 Å². The molecule has 2 N–H and O–H groups in total. The molecule has 118 valence electrons. The molecule has 0 aromatic heterocycles. The SMILES string of the molecule is C/C=C/CC(NC(=O)COc1cccc([N+](=O)[O-])c1)C(=O)O. The van der Waals surface area contributed by atoms with Gasteiger partial charge in [0.05, 0.1) is 11.0 Å². The Balaban J connectivity index is 2.56. The monoisotopic (exact) mass is 308 g/mol. The molecule has 0 radical (unpaired) electrons. The summed E-state index contributed by atoms with van der Waals surface area (Å²) in [6, 6.07) is 4.33. The average molecular weight is 308 g/mol. The Morgan fingerprint density at radius 1 is 1.50 bits per heavy atom. The molecule has 1 amide bonds. The first-order valence-electron chi connectivity index (χ1n) is 6.44. The van der Waals surface area contributed by atoms with E-state index in [0.717, 1.165) is 0 Å². The van der Waals surface area contributed by atoms with E-state index in [1.165, 1.54) is 24.3 Å². The molecule has 1 rings (SSSR count). The van der Waals surface area contributed by atoms with Gasteiger partial charge in [0.1, 0.15) is 11.8 Å². The van der Waals surface area contributed by atoms with E-state index in [4.69, 9.17) is 9.84 Å². The fourth-order valence-electron chi connectivity index (χ4n) is 1.57. The van der Waals surface area contributed by atoms with Crippen molar-refractivity contribution in [3.63, 3.8) is 0 Å². The predicted molar refractivity (Wildman–Crippen MR) is 77.6 cm³/mol. The molecule has 1 aromatic carbocycles. The Bertz CT molecular complexity index is 584. The standard InChI is InChI=1S/C14H16N2O6/c1-2-3-7-12(14(18)19)15-13(17)9-22-11-6-4-5-10(8-11)16(20)21/h2-6,8,12H,7,9H2,1H3,(H,15,17)(H,18,19)/b3-2+. The number of allylic oxidation sites excluding steroid dienone is 1. The van der Waals surface area contributed by atoms with Gasteiger partial charge in [-0.1, -0.05) is 18.2 Å². The van der Waals surface area contributed by atoms with Crippen molar-refractivity contribution in [2.75, 3.05) is 6.61 Å². The van der Waals surface area contributed by atoms with Crippen molar-refractivity contribution in [3.05, 3.63) is 46.5 Å². The van der Waals surface area contributed by atoms with Crippen molar-refractivity contribution in [1.82, 2.24) is 5.32 Å². The normalized spacial score (nSPS) is 11.9. The molecule has 0 bridgehead atoms. The summed E-state index contributed by atoms with van der Waals surface area (Å²) in [5.74, 6) is -1.62. The van der Waals surface area contributed by atoms with E-state index in [1.807, 2.05) is 0 Å². The van der Waals surface area contributed by atoms with Crippen LogP contribution >= 0.6 is 0 Å². The summed E-state index contributed by atoms with van der Waals surface area (Å²) in [6.45, 7) is 1.31. The van der Waals surface area contributed by atoms with Crippen LogP contribution in [0.15, 0.2) is 36.4 Å². The first-order valence-corrected chi connectivity index (χ1v) is 6.44. The molecule has 0 saturated carbocycles. The summed E-state index contributed by atoms with van der Waals surface area (Å²) in [5, 5.41) is 21.9. The Morgan fingerprint density at radius 2 is 2.23 bits per heavy atom. The highest BCUT2D eigenvalue weighted by atomic mass is 16.6. The van der Waals surface area contributed by atoms with Crippen LogP contribution in [0.4, 0.5) is 5.69 Å². The summed E-state index contributed by atoms with van der Waals surface area (Å²) in [4.78, 5) is 32.7. The lowest BCUT2D eigenvalue weighted by molar-refractivity contribution is -0.384. The summed E-state index contributed by atoms with van der Waals surface area (Å²) < 4.78 is 5.12. The number of hydrogen-bond donors (Lipinski definition) is 2. The highest BCUT2D eigenvalue weighted by molar-refractivity contribution is 5.84. The van der Waals surface area contributed by atoms with Crippen LogP contribution in [0.3, 0.4) is 0 Å². The third-order valence-electron chi connectivity index (χ3n) is 2.64. The number of carbonyl (C=O) groups excluding carboxylic acids is 1. The number of amides is 1. The molecule has 1 unspecified atom stereocenters. The molecule has 22 heavy (non-hydrogen) atoms. The topological polar surface area (TPSA) is 119 Å². The lowest BCUT2D eigenvalue weighted by atomic mass is 10.2. The number of carbonyl (C=O) groups is 2. The van der Waals surface area contributed by atoms with Crippen molar-refractivity contribution in [3.8, 4) is 5.75 Å². The number of nitro benzene ring substituents is 1. The number of nitrogens with one attached hydrogen (secondary N) is 1. The van der Waals surface area contributed by atoms with Gasteiger partial charge in [-0.2, -0.15) is 0 Å². The van der Waals surface area contributed by atoms with E-state index < -0.39 is 29.4 Å². The molecule has 0 aliphatic rings. The Kier molecular flexibility index (Phi) is 6.55. The Morgan fingerprint density at radius 3 is 2.82 bits per heavy atom. The summed E-state index contributed by atoms with van der Waals surface area (Å²) in [6.07, 6.45) is 3.47. The number of aliphatic carboxylic acids is 1. The van der Waals surface area contributed by atoms with E-state index in [1.54, 1.807) is 19.1 Å². The van der Waals surface area contributed by atoms with E-state index in [2.05, 4.69) is 5.32 Å². The first kappa shape index (κ1) is 17.2. The average Bonchev–Trinajstić information content (AvgIpc) is 2.49. The molecule has 0 aliphatic heterocycles. The third-order valence-corrected chi connectivity index (χ3v) is 2.64. The number of benzene rings is 1. The van der Waals surface area contributed by atoms with Crippen LogP contribution < -0.4 is 10.1 Å². The molecular formula is C14H16N2O6. The van der Waals surface area contributed by atoms with Crippen LogP contribution in [0, 0.1) is 10.1 Å². The van der Waals surface area contributed by atoms with Crippen LogP contribution in [0.25, 0.3) is 0 Å². The Labute approximate surface area is 126 Å². The van der Waals surface area contributed by atoms with Crippen LogP contribution in [-0.4, -0.2) is 34.6 Å². The Hall–Kier alpha value is -2.90. The quantitative estimate of drug-likeness (QED) is 0.427. The van der Waals surface area contributed by atoms with Gasteiger partial charge in [0.25, 0.3) is 11.6 Å². The zero-order valence-electron chi connectivity index (χ0n) is 11.9. The number of nitro groups is 1. The molecular weight excluding hydrogens is 292 g/mol. The van der Waals surface area contributed by atoms with Gasteiger partial charge in [0.15, 0.2) is 6.61 Å². The minimum Gasteiger partial charge on any atom is -0.484 e. The van der Waals surface area contributed by atoms with Crippen molar-refractivity contribution >= 4 is 17.6 Å². The lowest BCUT2D eigenvalue weighted by Gasteiger charge is -2.13. The van der Waals surface area contributed by atoms with Crippen LogP contribution in [0.2, 0.25) is 0 Å². The highest BCUT2D eigenvalue weighted by Crippen LogP contribution is 2.18. The van der Waals surface area contributed by atoms with E-state index in [0.29, 0.717) is 0 Å². The second-order valence-corrected chi connectivity index (χ2v) is 4.31. The maximum Gasteiger partial charge on any atom is 0.326 e. The number of carboxylic acids is 1. The molecule has 0 aliphatic carbocycles. The number of rotatable bonds is 8. The largest absolute Gasteiger partial charge is 0.484 e. The first-order chi connectivity index (χ1) is 10.4. The van der Waals surface area contributed by atoms with E-state index in [-0.39, 0.29) is 17.9 Å². The molecule has 0 fully saturated rings. The zero-order valence-corrected chi connectivity index (χ0v) is 11.9. The maximum atomic E-state index is 11.7. The fraction of sp³-hybridized carbons (Fsp3) is 0.286. The smallest absolute Gasteiger partial charge is 0.326 e. The molecule has 0 saturated heterocycles. The number of nitrogens with zero attached hydrogens (tertiary/aromatic N) is 1. The third kappa shape index (κ3) is 5.61. The van der Waals surface area contributed by atoms with Gasteiger partial charge in [-0.15, -0.1) is 0 Å². The molecule has 8 nitrogen and oxygen atoms in total. The number of hydrogen-bond acceptors (Lipinski definition) is 5. The highest BCUT2D eigenvalue weighted by Gasteiger charge is 2.18. The molecule has 0 heterocycles. The number of carboxylic acid groups (broad SMARTS) is 1. The second kappa shape index (κ2) is 8.40. The van der Waals surface area contributed by atoms with Crippen molar-refractivity contribution in [1.29, 1.82) is 0 Å². The van der Waals surface area contributed by atoms with Gasteiger partial charge in [-0.05, 0) is 19.4 Å². The van der Waals surface area contributed by atoms with Crippen LogP contribution in [0.1, 0.15) is 13.3 Å². The van der Waals surface area contributed by atoms with Gasteiger partial charge < -0.3 is 15.2 Å². The van der Waals surface area contributed by atoms with Gasteiger partial charge in [-0.3, -0.25) is 14.9 Å². The number of ether oxygens (including phenoxy) is 1. The molecule has 1 atom stereocenters.